The lowest BCUT2D eigenvalue weighted by molar-refractivity contribution is -0.139. The molecule has 2 aromatic heterocycles. The van der Waals surface area contributed by atoms with E-state index in [1.807, 2.05) is 27.7 Å². The van der Waals surface area contributed by atoms with Gasteiger partial charge < -0.3 is 15.6 Å². The summed E-state index contributed by atoms with van der Waals surface area (Å²) in [4.78, 5) is 59.3. The summed E-state index contributed by atoms with van der Waals surface area (Å²) in [7, 11) is 0. The number of carbonyl (C=O) groups excluding carboxylic acids is 4. The number of H-pyrrole nitrogens is 1. The zero-order valence-corrected chi connectivity index (χ0v) is 32.3. The van der Waals surface area contributed by atoms with Gasteiger partial charge in [0.2, 0.25) is 11.8 Å². The summed E-state index contributed by atoms with van der Waals surface area (Å²) in [5.74, 6) is -4.23. The Morgan fingerprint density at radius 1 is 0.946 bits per heavy atom. The highest BCUT2D eigenvalue weighted by atomic mass is 19.4. The van der Waals surface area contributed by atoms with Crippen molar-refractivity contribution in [3.05, 3.63) is 77.0 Å². The number of hydrogen-bond acceptors (Lipinski definition) is 7. The van der Waals surface area contributed by atoms with E-state index in [-0.39, 0.29) is 73.1 Å². The van der Waals surface area contributed by atoms with E-state index in [0.29, 0.717) is 55.4 Å². The van der Waals surface area contributed by atoms with Gasteiger partial charge in [-0.3, -0.25) is 19.2 Å². The Balaban J connectivity index is 1.43. The molecular formula is C41H51F4N7O4. The Bertz CT molecular complexity index is 2000. The SMILES string of the molecule is CCC(C)[C@H](CC(=O)[C@@]1(NC(=O)[C@@H](CC(=O)Cc2ccccc2F)C(C)CC)CCc2[nH]c3c(C(F)(F)F)cccc3c2C1)C(=O)NCCCCn1cnnn1. The van der Waals surface area contributed by atoms with E-state index in [1.54, 1.807) is 16.8 Å². The van der Waals surface area contributed by atoms with Crippen molar-refractivity contribution in [1.82, 2.24) is 35.8 Å². The van der Waals surface area contributed by atoms with Crippen molar-refractivity contribution >= 4 is 34.3 Å². The first kappa shape index (κ1) is 42.2. The molecule has 2 heterocycles. The van der Waals surface area contributed by atoms with Crippen molar-refractivity contribution in [2.24, 2.45) is 23.7 Å². The van der Waals surface area contributed by atoms with E-state index >= 15 is 0 Å². The second-order valence-corrected chi connectivity index (χ2v) is 15.2. The Labute approximate surface area is 323 Å². The predicted molar refractivity (Wildman–Crippen MR) is 202 cm³/mol. The first-order valence-corrected chi connectivity index (χ1v) is 19.5. The lowest BCUT2D eigenvalue weighted by Crippen LogP contribution is -2.60. The van der Waals surface area contributed by atoms with Crippen LogP contribution in [0, 0.1) is 29.5 Å². The number of hydrogen-bond donors (Lipinski definition) is 3. The number of nitrogens with one attached hydrogen (secondary N) is 3. The normalized spacial score (nSPS) is 17.8. The van der Waals surface area contributed by atoms with Crippen LogP contribution in [0.3, 0.4) is 0 Å². The third-order valence-corrected chi connectivity index (χ3v) is 11.5. The summed E-state index contributed by atoms with van der Waals surface area (Å²) in [6.07, 6.45) is -1.13. The fourth-order valence-electron chi connectivity index (χ4n) is 7.71. The number of fused-ring (bicyclic) bond motifs is 3. The monoisotopic (exact) mass is 781 g/mol. The average molecular weight is 782 g/mol. The van der Waals surface area contributed by atoms with Crippen molar-refractivity contribution in [2.75, 3.05) is 6.54 Å². The maximum absolute atomic E-state index is 14.8. The number of unbranched alkanes of at least 4 members (excludes halogenated alkanes) is 1. The molecule has 56 heavy (non-hydrogen) atoms. The number of Topliss-reactive ketones (excluding diaryl/α,β-unsaturated/α-hetero) is 2. The molecule has 0 spiro atoms. The van der Waals surface area contributed by atoms with Crippen molar-refractivity contribution in [3.63, 3.8) is 0 Å². The lowest BCUT2D eigenvalue weighted by Gasteiger charge is -2.39. The van der Waals surface area contributed by atoms with Gasteiger partial charge in [0.05, 0.1) is 11.1 Å². The molecule has 0 radical (unpaired) electrons. The van der Waals surface area contributed by atoms with Crippen LogP contribution in [0.15, 0.2) is 48.8 Å². The number of aryl methyl sites for hydroxylation is 2. The minimum atomic E-state index is -4.63. The minimum absolute atomic E-state index is 0.0706. The van der Waals surface area contributed by atoms with E-state index in [0.717, 1.165) is 6.07 Å². The van der Waals surface area contributed by atoms with Gasteiger partial charge in [-0.25, -0.2) is 9.07 Å². The third kappa shape index (κ3) is 9.88. The number of rotatable bonds is 19. The first-order valence-electron chi connectivity index (χ1n) is 19.5. The number of halogens is 4. The van der Waals surface area contributed by atoms with Gasteiger partial charge in [0.25, 0.3) is 0 Å². The van der Waals surface area contributed by atoms with Crippen LogP contribution in [0.5, 0.6) is 0 Å². The molecule has 3 N–H and O–H groups in total. The Hall–Kier alpha value is -4.95. The molecule has 4 aromatic rings. The molecule has 302 valence electrons. The number of aromatic amines is 1. The Kier molecular flexibility index (Phi) is 13.8. The molecule has 11 nitrogen and oxygen atoms in total. The molecule has 2 amide bonds. The maximum Gasteiger partial charge on any atom is 0.418 e. The Morgan fingerprint density at radius 3 is 2.32 bits per heavy atom. The molecule has 0 aliphatic heterocycles. The molecule has 0 bridgehead atoms. The highest BCUT2D eigenvalue weighted by Gasteiger charge is 2.47. The van der Waals surface area contributed by atoms with Crippen molar-refractivity contribution in [3.8, 4) is 0 Å². The third-order valence-electron chi connectivity index (χ3n) is 11.5. The van der Waals surface area contributed by atoms with E-state index < -0.39 is 46.6 Å². The van der Waals surface area contributed by atoms with Gasteiger partial charge >= 0.3 is 6.18 Å². The largest absolute Gasteiger partial charge is 0.418 e. The summed E-state index contributed by atoms with van der Waals surface area (Å²) in [5, 5.41) is 17.4. The van der Waals surface area contributed by atoms with Crippen molar-refractivity contribution in [2.45, 2.75) is 110 Å². The molecule has 5 rings (SSSR count). The zero-order valence-electron chi connectivity index (χ0n) is 32.3. The van der Waals surface area contributed by atoms with Gasteiger partial charge in [0.15, 0.2) is 5.78 Å². The smallest absolute Gasteiger partial charge is 0.358 e. The van der Waals surface area contributed by atoms with E-state index in [4.69, 9.17) is 0 Å². The summed E-state index contributed by atoms with van der Waals surface area (Å²) in [5.41, 5.74) is -1.24. The molecule has 0 fully saturated rings. The maximum atomic E-state index is 14.8. The van der Waals surface area contributed by atoms with Crippen LogP contribution < -0.4 is 10.6 Å². The summed E-state index contributed by atoms with van der Waals surface area (Å²) in [6, 6.07) is 9.83. The van der Waals surface area contributed by atoms with Gasteiger partial charge in [-0.2, -0.15) is 13.2 Å². The van der Waals surface area contributed by atoms with Crippen LogP contribution in [0.4, 0.5) is 17.6 Å². The summed E-state index contributed by atoms with van der Waals surface area (Å²) < 4.78 is 58.3. The summed E-state index contributed by atoms with van der Waals surface area (Å²) in [6.45, 7) is 8.46. The number of para-hydroxylation sites is 1. The number of nitrogens with zero attached hydrogens (tertiary/aromatic N) is 4. The number of tetrazole rings is 1. The van der Waals surface area contributed by atoms with Crippen LogP contribution in [-0.4, -0.2) is 60.7 Å². The second kappa shape index (κ2) is 18.3. The molecule has 1 aliphatic rings. The predicted octanol–water partition coefficient (Wildman–Crippen LogP) is 6.74. The summed E-state index contributed by atoms with van der Waals surface area (Å²) >= 11 is 0. The fourth-order valence-corrected chi connectivity index (χ4v) is 7.71. The van der Waals surface area contributed by atoms with Crippen LogP contribution in [0.25, 0.3) is 10.9 Å². The number of amides is 2. The zero-order chi connectivity index (χ0) is 40.6. The number of alkyl halides is 3. The average Bonchev–Trinajstić information content (AvgIpc) is 3.83. The quantitative estimate of drug-likeness (QED) is 0.0705. The number of benzene rings is 2. The first-order chi connectivity index (χ1) is 26.7. The number of carbonyl (C=O) groups is 4. The molecule has 1 aliphatic carbocycles. The fraction of sp³-hybridized carbons (Fsp3) is 0.537. The highest BCUT2D eigenvalue weighted by Crippen LogP contribution is 2.41. The van der Waals surface area contributed by atoms with Crippen LogP contribution >= 0.6 is 0 Å². The molecule has 15 heteroatoms. The molecule has 2 aromatic carbocycles. The second-order valence-electron chi connectivity index (χ2n) is 15.2. The topological polar surface area (TPSA) is 152 Å². The van der Waals surface area contributed by atoms with Crippen molar-refractivity contribution < 1.29 is 36.7 Å². The van der Waals surface area contributed by atoms with Crippen LogP contribution in [-0.2, 0) is 51.2 Å². The van der Waals surface area contributed by atoms with Gasteiger partial charge in [0, 0.05) is 61.7 Å². The number of ketones is 2. The molecular weight excluding hydrogens is 730 g/mol. The van der Waals surface area contributed by atoms with Crippen molar-refractivity contribution in [1.29, 1.82) is 0 Å². The van der Waals surface area contributed by atoms with Gasteiger partial charge in [-0.1, -0.05) is 70.9 Å². The van der Waals surface area contributed by atoms with Gasteiger partial charge in [0.1, 0.15) is 23.5 Å². The molecule has 2 unspecified atom stereocenters. The van der Waals surface area contributed by atoms with E-state index in [1.165, 1.54) is 30.6 Å². The van der Waals surface area contributed by atoms with E-state index in [2.05, 4.69) is 31.1 Å². The standard InChI is InChI=1S/C41H51F4N7O4/c1-5-25(3)30(21-28(53)20-27-12-7-8-15-34(27)42)39(56)49-40(17-16-35-32(23-40)29-13-11-14-33(37(29)48-35)41(43,44)45)36(54)22-31(26(4)6-2)38(55)46-18-9-10-19-52-24-47-50-51-52/h7-8,11-15,24-26,30-31,48H,5-6,9-10,16-23H2,1-4H3,(H,46,55)(H,49,56)/t25?,26?,30-,31-,40+/m0/s1. The van der Waals surface area contributed by atoms with E-state index in [9.17, 15) is 36.7 Å². The van der Waals surface area contributed by atoms with Crippen LogP contribution in [0.1, 0.15) is 95.0 Å². The molecule has 5 atom stereocenters. The minimum Gasteiger partial charge on any atom is -0.358 e. The highest BCUT2D eigenvalue weighted by molar-refractivity contribution is 5.99. The number of aromatic nitrogens is 5. The molecule has 0 saturated carbocycles. The van der Waals surface area contributed by atoms with Crippen LogP contribution in [0.2, 0.25) is 0 Å². The lowest BCUT2D eigenvalue weighted by atomic mass is 9.72. The van der Waals surface area contributed by atoms with Gasteiger partial charge in [-0.05, 0) is 71.2 Å². The Morgan fingerprint density at radius 2 is 1.66 bits per heavy atom. The van der Waals surface area contributed by atoms with Gasteiger partial charge in [-0.15, -0.1) is 5.10 Å². The molecule has 0 saturated heterocycles.